The Balaban J connectivity index is 1.37. The number of rotatable bonds is 41. The quantitative estimate of drug-likeness (QED) is 0.0297. The van der Waals surface area contributed by atoms with Crippen LogP contribution in [0, 0.1) is 5.41 Å². The molecule has 3 rings (SSSR count). The first kappa shape index (κ1) is 64.7. The van der Waals surface area contributed by atoms with Crippen LogP contribution in [-0.4, -0.2) is 220 Å². The van der Waals surface area contributed by atoms with Gasteiger partial charge in [-0.05, 0) is 76.8 Å². The summed E-state index contributed by atoms with van der Waals surface area (Å²) < 4.78 is 54.4. The van der Waals surface area contributed by atoms with Crippen LogP contribution in [0.2, 0.25) is 0 Å². The third-order valence-corrected chi connectivity index (χ3v) is 12.7. The van der Waals surface area contributed by atoms with Crippen LogP contribution < -0.4 is 4.90 Å². The number of Topliss-reactive ketones (excluding diaryl/α,β-unsaturated/α-hetero) is 1. The number of anilines is 1. The highest BCUT2D eigenvalue weighted by Crippen LogP contribution is 2.26. The van der Waals surface area contributed by atoms with Gasteiger partial charge in [0, 0.05) is 102 Å². The molecular weight excluding hydrogens is 989 g/mol. The summed E-state index contributed by atoms with van der Waals surface area (Å²) in [5, 5.41) is 0. The van der Waals surface area contributed by atoms with Gasteiger partial charge in [0.05, 0.1) is 83.4 Å². The standard InChI is InChI=1S/C55H84N4O17/c1-7-48(61)73-37-33-67-41-55(42-68-34-38-74-49(62)8-2,43-69-35-39-75-50(63)9-3)44-70-36-40-76-52(65)20-22-57-25-29-59(30-26-57)54(5,6)53(66)46-16-18-47(19-17-46)58-27-23-56(24-28-58)21-14-15-51(64)72-32-13-11-10-12-31-71-45(4)60/h7-9,16-19H,1-3,10-15,20-44H2,4-6H3. The molecule has 0 aliphatic carbocycles. The predicted octanol–water partition coefficient (Wildman–Crippen LogP) is 4.01. The Morgan fingerprint density at radius 2 is 0.908 bits per heavy atom. The maximum Gasteiger partial charge on any atom is 0.330 e. The molecule has 1 aromatic rings. The molecule has 0 saturated carbocycles. The zero-order chi connectivity index (χ0) is 55.4. The number of esters is 6. The lowest BCUT2D eigenvalue weighted by Gasteiger charge is -2.43. The lowest BCUT2D eigenvalue weighted by molar-refractivity contribution is -0.149. The molecule has 2 aliphatic heterocycles. The van der Waals surface area contributed by atoms with Crippen molar-refractivity contribution in [2.75, 3.05) is 163 Å². The fraction of sp³-hybridized carbons (Fsp3) is 0.655. The minimum Gasteiger partial charge on any atom is -0.466 e. The number of benzene rings is 1. The van der Waals surface area contributed by atoms with Gasteiger partial charge in [0.1, 0.15) is 26.4 Å². The Bertz CT molecular complexity index is 1870. The van der Waals surface area contributed by atoms with Crippen molar-refractivity contribution < 1.29 is 80.9 Å². The Hall–Kier alpha value is -5.55. The van der Waals surface area contributed by atoms with Gasteiger partial charge in [-0.3, -0.25) is 29.0 Å². The Labute approximate surface area is 449 Å². The molecule has 21 heteroatoms. The van der Waals surface area contributed by atoms with Gasteiger partial charge in [-0.2, -0.15) is 0 Å². The van der Waals surface area contributed by atoms with Crippen molar-refractivity contribution >= 4 is 47.3 Å². The van der Waals surface area contributed by atoms with Gasteiger partial charge in [0.2, 0.25) is 0 Å². The van der Waals surface area contributed by atoms with Crippen LogP contribution in [0.3, 0.4) is 0 Å². The number of unbranched alkanes of at least 4 members (excludes halogenated alkanes) is 3. The molecule has 76 heavy (non-hydrogen) atoms. The van der Waals surface area contributed by atoms with Gasteiger partial charge in [0.15, 0.2) is 5.78 Å². The number of hydrogen-bond acceptors (Lipinski definition) is 21. The Kier molecular flexibility index (Phi) is 31.7. The van der Waals surface area contributed by atoms with Crippen molar-refractivity contribution in [3.63, 3.8) is 0 Å². The summed E-state index contributed by atoms with van der Waals surface area (Å²) in [7, 11) is 0. The van der Waals surface area contributed by atoms with E-state index >= 15 is 0 Å². The SMILES string of the molecule is C=CC(=O)OCCOCC(COCCOC(=O)C=C)(COCCOC(=O)C=C)COCCOC(=O)CCN1CCN(C(C)(C)C(=O)c2ccc(N3CCN(CCCC(=O)OCCCCCCOC(C)=O)CC3)cc2)CC1. The van der Waals surface area contributed by atoms with Crippen LogP contribution in [0.25, 0.3) is 0 Å². The average molecular weight is 1070 g/mol. The predicted molar refractivity (Wildman–Crippen MR) is 282 cm³/mol. The summed E-state index contributed by atoms with van der Waals surface area (Å²) in [5.41, 5.74) is 0.0519. The molecule has 0 aromatic heterocycles. The molecule has 0 amide bonds. The van der Waals surface area contributed by atoms with E-state index in [1.807, 2.05) is 38.1 Å². The van der Waals surface area contributed by atoms with Gasteiger partial charge in [-0.15, -0.1) is 0 Å². The number of hydrogen-bond donors (Lipinski definition) is 0. The molecule has 0 radical (unpaired) electrons. The summed E-state index contributed by atoms with van der Waals surface area (Å²) >= 11 is 0. The summed E-state index contributed by atoms with van der Waals surface area (Å²) in [6.45, 7) is 24.0. The monoisotopic (exact) mass is 1070 g/mol. The van der Waals surface area contributed by atoms with Crippen LogP contribution in [0.1, 0.15) is 76.1 Å². The molecule has 1 aromatic carbocycles. The number of ether oxygens (including phenoxy) is 10. The fourth-order valence-corrected chi connectivity index (χ4v) is 8.28. The normalized spacial score (nSPS) is 14.5. The van der Waals surface area contributed by atoms with Crippen molar-refractivity contribution in [3.8, 4) is 0 Å². The van der Waals surface area contributed by atoms with E-state index in [1.54, 1.807) is 0 Å². The van der Waals surface area contributed by atoms with E-state index in [-0.39, 0.29) is 109 Å². The smallest absolute Gasteiger partial charge is 0.330 e. The first-order chi connectivity index (χ1) is 36.6. The van der Waals surface area contributed by atoms with Crippen LogP contribution >= 0.6 is 0 Å². The Morgan fingerprint density at radius 3 is 1.38 bits per heavy atom. The van der Waals surface area contributed by atoms with E-state index in [2.05, 4.69) is 39.3 Å². The van der Waals surface area contributed by atoms with Crippen LogP contribution in [0.4, 0.5) is 5.69 Å². The Morgan fingerprint density at radius 1 is 0.487 bits per heavy atom. The molecule has 2 heterocycles. The summed E-state index contributed by atoms with van der Waals surface area (Å²) in [4.78, 5) is 93.4. The zero-order valence-corrected chi connectivity index (χ0v) is 45.3. The maximum absolute atomic E-state index is 13.9. The highest BCUT2D eigenvalue weighted by molar-refractivity contribution is 6.03. The molecule has 0 unspecified atom stereocenters. The summed E-state index contributed by atoms with van der Waals surface area (Å²) in [5.74, 6) is -2.55. The fourth-order valence-electron chi connectivity index (χ4n) is 8.28. The first-order valence-corrected chi connectivity index (χ1v) is 26.3. The van der Waals surface area contributed by atoms with Crippen molar-refractivity contribution in [1.29, 1.82) is 0 Å². The molecule has 2 aliphatic rings. The number of piperazine rings is 2. The van der Waals surface area contributed by atoms with Gasteiger partial charge in [0.25, 0.3) is 0 Å². The lowest BCUT2D eigenvalue weighted by Crippen LogP contribution is -2.58. The minimum absolute atomic E-state index is 0.0154. The van der Waals surface area contributed by atoms with E-state index in [4.69, 9.17) is 47.4 Å². The maximum atomic E-state index is 13.9. The van der Waals surface area contributed by atoms with E-state index < -0.39 is 28.9 Å². The average Bonchev–Trinajstić information content (AvgIpc) is 3.42. The lowest BCUT2D eigenvalue weighted by atomic mass is 9.90. The highest BCUT2D eigenvalue weighted by Gasteiger charge is 2.37. The first-order valence-electron chi connectivity index (χ1n) is 26.3. The second-order valence-corrected chi connectivity index (χ2v) is 19.0. The van der Waals surface area contributed by atoms with E-state index in [1.165, 1.54) is 6.92 Å². The van der Waals surface area contributed by atoms with Crippen molar-refractivity contribution in [3.05, 3.63) is 67.8 Å². The van der Waals surface area contributed by atoms with Crippen LogP contribution in [-0.2, 0) is 76.1 Å². The number of carbonyl (C=O) groups is 7. The third-order valence-electron chi connectivity index (χ3n) is 12.7. The third kappa shape index (κ3) is 26.5. The molecule has 0 atom stereocenters. The zero-order valence-electron chi connectivity index (χ0n) is 45.3. The van der Waals surface area contributed by atoms with Crippen molar-refractivity contribution in [1.82, 2.24) is 14.7 Å². The topological polar surface area (TPSA) is 225 Å². The molecule has 0 spiro atoms. The van der Waals surface area contributed by atoms with E-state index in [0.717, 1.165) is 88.7 Å². The minimum atomic E-state index is -0.942. The summed E-state index contributed by atoms with van der Waals surface area (Å²) in [6.07, 6.45) is 7.93. The molecule has 0 N–H and O–H groups in total. The molecule has 2 fully saturated rings. The van der Waals surface area contributed by atoms with E-state index in [9.17, 15) is 33.6 Å². The van der Waals surface area contributed by atoms with Crippen molar-refractivity contribution in [2.24, 2.45) is 5.41 Å². The highest BCUT2D eigenvalue weighted by atomic mass is 16.6. The number of carbonyl (C=O) groups excluding carboxylic acids is 7. The van der Waals surface area contributed by atoms with Gasteiger partial charge >= 0.3 is 35.8 Å². The molecule has 21 nitrogen and oxygen atoms in total. The van der Waals surface area contributed by atoms with Gasteiger partial charge in [-0.1, -0.05) is 19.7 Å². The van der Waals surface area contributed by atoms with Gasteiger partial charge < -0.3 is 57.2 Å². The second kappa shape index (κ2) is 37.3. The van der Waals surface area contributed by atoms with Crippen LogP contribution in [0.15, 0.2) is 62.2 Å². The molecule has 0 bridgehead atoms. The summed E-state index contributed by atoms with van der Waals surface area (Å²) in [6, 6.07) is 7.88. The number of nitrogens with zero attached hydrogens (tertiary/aromatic N) is 4. The van der Waals surface area contributed by atoms with E-state index in [0.29, 0.717) is 57.9 Å². The van der Waals surface area contributed by atoms with Gasteiger partial charge in [-0.25, -0.2) is 14.4 Å². The second-order valence-electron chi connectivity index (χ2n) is 19.0. The molecule has 2 saturated heterocycles. The molecular formula is C55H84N4O17. The van der Waals surface area contributed by atoms with Crippen molar-refractivity contribution in [2.45, 2.75) is 71.3 Å². The molecule has 426 valence electrons. The van der Waals surface area contributed by atoms with Crippen LogP contribution in [0.5, 0.6) is 0 Å². The number of ketones is 1. The largest absolute Gasteiger partial charge is 0.466 e.